The van der Waals surface area contributed by atoms with Gasteiger partial charge in [0.05, 0.1) is 6.10 Å². The Kier molecular flexibility index (Phi) is 7.44. The van der Waals surface area contributed by atoms with E-state index in [2.05, 4.69) is 19.2 Å². The van der Waals surface area contributed by atoms with Gasteiger partial charge in [-0.15, -0.1) is 0 Å². The monoisotopic (exact) mass is 269 g/mol. The predicted octanol–water partition coefficient (Wildman–Crippen LogP) is 3.81. The highest BCUT2D eigenvalue weighted by Gasteiger charge is 2.41. The third-order valence-electron chi connectivity index (χ3n) is 4.08. The van der Waals surface area contributed by atoms with Crippen LogP contribution < -0.4 is 5.32 Å². The van der Waals surface area contributed by atoms with Gasteiger partial charge >= 0.3 is 5.97 Å². The van der Waals surface area contributed by atoms with Crippen LogP contribution in [0.2, 0.25) is 0 Å². The molecule has 1 N–H and O–H groups in total. The van der Waals surface area contributed by atoms with E-state index < -0.39 is 0 Å². The van der Waals surface area contributed by atoms with Crippen molar-refractivity contribution >= 4 is 5.97 Å². The first-order valence-electron chi connectivity index (χ1n) is 8.10. The Morgan fingerprint density at radius 2 is 2.05 bits per heavy atom. The lowest BCUT2D eigenvalue weighted by atomic mass is 9.92. The Labute approximate surface area is 118 Å². The normalized spacial score (nSPS) is 24.4. The Morgan fingerprint density at radius 3 is 2.63 bits per heavy atom. The average Bonchev–Trinajstić information content (AvgIpc) is 2.85. The van der Waals surface area contributed by atoms with Gasteiger partial charge in [0.15, 0.2) is 0 Å². The van der Waals surface area contributed by atoms with Crippen LogP contribution in [0.5, 0.6) is 0 Å². The van der Waals surface area contributed by atoms with Crippen molar-refractivity contribution in [2.75, 3.05) is 6.54 Å². The summed E-state index contributed by atoms with van der Waals surface area (Å²) in [6, 6.07) is 0. The zero-order valence-corrected chi connectivity index (χ0v) is 13.0. The van der Waals surface area contributed by atoms with Crippen LogP contribution in [0.25, 0.3) is 0 Å². The Morgan fingerprint density at radius 1 is 1.26 bits per heavy atom. The Bertz CT molecular complexity index is 259. The SMILES string of the molecule is CCCCCCC(C)OC(=O)C1(CCC)CCCN1. The number of nitrogens with one attached hydrogen (secondary N) is 1. The number of hydrogen-bond acceptors (Lipinski definition) is 3. The summed E-state index contributed by atoms with van der Waals surface area (Å²) in [6.07, 6.45) is 9.92. The summed E-state index contributed by atoms with van der Waals surface area (Å²) in [6.45, 7) is 7.31. The highest BCUT2D eigenvalue weighted by atomic mass is 16.5. The quantitative estimate of drug-likeness (QED) is 0.511. The fourth-order valence-electron chi connectivity index (χ4n) is 2.94. The summed E-state index contributed by atoms with van der Waals surface area (Å²) in [5.74, 6) is -0.0187. The van der Waals surface area contributed by atoms with Crippen LogP contribution in [0.3, 0.4) is 0 Å². The lowest BCUT2D eigenvalue weighted by molar-refractivity contribution is -0.156. The maximum Gasteiger partial charge on any atom is 0.326 e. The number of unbranched alkanes of at least 4 members (excludes halogenated alkanes) is 3. The van der Waals surface area contributed by atoms with E-state index in [1.807, 2.05) is 6.92 Å². The molecule has 1 saturated heterocycles. The van der Waals surface area contributed by atoms with Gasteiger partial charge < -0.3 is 10.1 Å². The summed E-state index contributed by atoms with van der Waals surface area (Å²) < 4.78 is 5.67. The fourth-order valence-corrected chi connectivity index (χ4v) is 2.94. The van der Waals surface area contributed by atoms with Crippen molar-refractivity contribution in [2.45, 2.75) is 90.2 Å². The molecule has 0 bridgehead atoms. The molecule has 1 heterocycles. The molecule has 0 aromatic carbocycles. The van der Waals surface area contributed by atoms with Crippen LogP contribution in [0.15, 0.2) is 0 Å². The van der Waals surface area contributed by atoms with Crippen LogP contribution >= 0.6 is 0 Å². The molecule has 112 valence electrons. The number of ether oxygens (including phenoxy) is 1. The van der Waals surface area contributed by atoms with Crippen LogP contribution in [0, 0.1) is 0 Å². The van der Waals surface area contributed by atoms with Crippen molar-refractivity contribution in [3.05, 3.63) is 0 Å². The van der Waals surface area contributed by atoms with E-state index in [-0.39, 0.29) is 17.6 Å². The molecule has 3 heteroatoms. The van der Waals surface area contributed by atoms with Crippen LogP contribution in [-0.2, 0) is 9.53 Å². The van der Waals surface area contributed by atoms with E-state index in [1.165, 1.54) is 19.3 Å². The molecule has 0 spiro atoms. The lowest BCUT2D eigenvalue weighted by Crippen LogP contribution is -2.49. The molecule has 3 nitrogen and oxygen atoms in total. The third-order valence-corrected chi connectivity index (χ3v) is 4.08. The largest absolute Gasteiger partial charge is 0.461 e. The second kappa shape index (κ2) is 8.57. The molecule has 1 aliphatic rings. The van der Waals surface area contributed by atoms with Crippen molar-refractivity contribution < 1.29 is 9.53 Å². The van der Waals surface area contributed by atoms with Crippen molar-refractivity contribution in [3.63, 3.8) is 0 Å². The van der Waals surface area contributed by atoms with Gasteiger partial charge in [-0.2, -0.15) is 0 Å². The smallest absolute Gasteiger partial charge is 0.326 e. The summed E-state index contributed by atoms with van der Waals surface area (Å²) in [4.78, 5) is 12.4. The topological polar surface area (TPSA) is 38.3 Å². The van der Waals surface area contributed by atoms with Crippen LogP contribution in [-0.4, -0.2) is 24.2 Å². The number of rotatable bonds is 9. The van der Waals surface area contributed by atoms with Crippen molar-refractivity contribution in [1.82, 2.24) is 5.32 Å². The first-order chi connectivity index (χ1) is 9.14. The van der Waals surface area contributed by atoms with E-state index in [0.717, 1.165) is 45.1 Å². The molecular formula is C16H31NO2. The number of carbonyl (C=O) groups is 1. The number of carbonyl (C=O) groups excluding carboxylic acids is 1. The fraction of sp³-hybridized carbons (Fsp3) is 0.938. The second-order valence-corrected chi connectivity index (χ2v) is 5.93. The maximum atomic E-state index is 12.4. The van der Waals surface area contributed by atoms with Crippen molar-refractivity contribution in [1.29, 1.82) is 0 Å². The van der Waals surface area contributed by atoms with Crippen molar-refractivity contribution in [3.8, 4) is 0 Å². The van der Waals surface area contributed by atoms with E-state index in [4.69, 9.17) is 4.74 Å². The molecule has 2 atom stereocenters. The highest BCUT2D eigenvalue weighted by Crippen LogP contribution is 2.27. The first-order valence-corrected chi connectivity index (χ1v) is 8.10. The molecule has 19 heavy (non-hydrogen) atoms. The zero-order chi connectivity index (χ0) is 14.1. The van der Waals surface area contributed by atoms with Gasteiger partial charge in [0.25, 0.3) is 0 Å². The zero-order valence-electron chi connectivity index (χ0n) is 13.0. The molecule has 1 fully saturated rings. The van der Waals surface area contributed by atoms with Gasteiger partial charge in [-0.05, 0) is 45.6 Å². The molecular weight excluding hydrogens is 238 g/mol. The van der Waals surface area contributed by atoms with Gasteiger partial charge in [-0.25, -0.2) is 0 Å². The van der Waals surface area contributed by atoms with E-state index in [0.29, 0.717) is 0 Å². The number of hydrogen-bond donors (Lipinski definition) is 1. The minimum Gasteiger partial charge on any atom is -0.461 e. The molecule has 0 radical (unpaired) electrons. The minimum absolute atomic E-state index is 0.0187. The summed E-state index contributed by atoms with van der Waals surface area (Å²) in [5.41, 5.74) is -0.383. The van der Waals surface area contributed by atoms with Gasteiger partial charge in [0.2, 0.25) is 0 Å². The van der Waals surface area contributed by atoms with Gasteiger partial charge in [-0.3, -0.25) is 4.79 Å². The maximum absolute atomic E-state index is 12.4. The second-order valence-electron chi connectivity index (χ2n) is 5.93. The van der Waals surface area contributed by atoms with Crippen molar-refractivity contribution in [2.24, 2.45) is 0 Å². The van der Waals surface area contributed by atoms with E-state index in [9.17, 15) is 4.79 Å². The molecule has 1 aliphatic heterocycles. The predicted molar refractivity (Wildman–Crippen MR) is 79.2 cm³/mol. The van der Waals surface area contributed by atoms with Gasteiger partial charge in [-0.1, -0.05) is 39.5 Å². The molecule has 0 aromatic rings. The Hall–Kier alpha value is -0.570. The standard InChI is InChI=1S/C16H31NO2/c1-4-6-7-8-10-14(3)19-15(18)16(11-5-2)12-9-13-17-16/h14,17H,4-13H2,1-3H3. The van der Waals surface area contributed by atoms with Gasteiger partial charge in [0.1, 0.15) is 5.54 Å². The highest BCUT2D eigenvalue weighted by molar-refractivity contribution is 5.81. The van der Waals surface area contributed by atoms with E-state index >= 15 is 0 Å². The molecule has 2 unspecified atom stereocenters. The molecule has 0 aliphatic carbocycles. The van der Waals surface area contributed by atoms with Crippen LogP contribution in [0.4, 0.5) is 0 Å². The third kappa shape index (κ3) is 5.13. The number of esters is 1. The summed E-state index contributed by atoms with van der Waals surface area (Å²) >= 11 is 0. The lowest BCUT2D eigenvalue weighted by Gasteiger charge is -2.28. The first kappa shape index (κ1) is 16.5. The van der Waals surface area contributed by atoms with Gasteiger partial charge in [0, 0.05) is 0 Å². The molecule has 0 aromatic heterocycles. The molecule has 0 saturated carbocycles. The molecule has 1 rings (SSSR count). The van der Waals surface area contributed by atoms with E-state index in [1.54, 1.807) is 0 Å². The Balaban J connectivity index is 2.35. The minimum atomic E-state index is -0.383. The summed E-state index contributed by atoms with van der Waals surface area (Å²) in [7, 11) is 0. The molecule has 0 amide bonds. The summed E-state index contributed by atoms with van der Waals surface area (Å²) in [5, 5.41) is 3.38. The van der Waals surface area contributed by atoms with Crippen LogP contribution in [0.1, 0.15) is 78.6 Å². The average molecular weight is 269 g/mol.